The molecular weight excluding hydrogens is 1440 g/mol. The highest BCUT2D eigenvalue weighted by Gasteiger charge is 2.43. The van der Waals surface area contributed by atoms with Crippen molar-refractivity contribution in [2.45, 2.75) is 248 Å². The predicted octanol–water partition coefficient (Wildman–Crippen LogP) is -2.74. The van der Waals surface area contributed by atoms with Crippen molar-refractivity contribution in [3.8, 4) is 0 Å². The van der Waals surface area contributed by atoms with Gasteiger partial charge in [-0.15, -0.1) is 0 Å². The second kappa shape index (κ2) is 45.9. The SMILES string of the molecule is CCCCCCCCCCCCCCC(=O)N[C@@H](Cc1c[nH]c2ccccc12)C(=O)N[C@@H](CC(N)=O)C(=O)N[C@@H](CC(=O)O)C(=O)N[C@H]1CNC(=O)[C@@H]2CCCN2C(=O)[C@H]([C@@H](C)CC)NC(=O)[C@H]([C@@H](C)O)NC(=O)CNC(=O)[C@H](CC(=O)O)NC(=O)CNC(=O)[C@H](CC(=O)O)NC(=O)CNC(=O)[C@@H]2CCCCN2C1=O. The lowest BCUT2D eigenvalue weighted by atomic mass is 9.96. The Morgan fingerprint density at radius 1 is 0.536 bits per heavy atom. The first kappa shape index (κ1) is 89.8. The quantitative estimate of drug-likeness (QED) is 0.0322. The lowest BCUT2D eigenvalue weighted by Gasteiger charge is -2.37. The van der Waals surface area contributed by atoms with Gasteiger partial charge in [-0.3, -0.25) is 86.3 Å². The molecule has 3 aliphatic heterocycles. The van der Waals surface area contributed by atoms with Crippen molar-refractivity contribution in [2.75, 3.05) is 39.3 Å². The number of nitrogens with one attached hydrogen (secondary N) is 13. The molecule has 3 saturated heterocycles. The summed E-state index contributed by atoms with van der Waals surface area (Å²) in [6, 6.07) is -10.5. The second-order valence-electron chi connectivity index (χ2n) is 28.0. The normalized spacial score (nSPS) is 22.0. The van der Waals surface area contributed by atoms with Crippen LogP contribution in [0, 0.1) is 5.92 Å². The first-order chi connectivity index (χ1) is 52.3. The smallest absolute Gasteiger partial charge is 0.305 e. The molecule has 0 saturated carbocycles. The van der Waals surface area contributed by atoms with Crippen LogP contribution in [0.4, 0.5) is 0 Å². The Bertz CT molecular complexity index is 3610. The number of aliphatic carboxylic acids is 3. The molecule has 0 unspecified atom stereocenters. The molecule has 0 radical (unpaired) electrons. The van der Waals surface area contributed by atoms with Crippen LogP contribution in [0.15, 0.2) is 30.5 Å². The van der Waals surface area contributed by atoms with E-state index in [-0.39, 0.29) is 64.5 Å². The topological polar surface area (TPSA) is 581 Å². The maximum Gasteiger partial charge on any atom is 0.305 e. The number of carbonyl (C=O) groups is 18. The van der Waals surface area contributed by atoms with Gasteiger partial charge in [-0.2, -0.15) is 0 Å². The van der Waals surface area contributed by atoms with Gasteiger partial charge in [0, 0.05) is 49.6 Å². The summed E-state index contributed by atoms with van der Waals surface area (Å²) in [7, 11) is 0. The molecule has 2 aromatic rings. The van der Waals surface area contributed by atoms with Crippen LogP contribution in [-0.2, 0) is 92.7 Å². The Morgan fingerprint density at radius 3 is 1.58 bits per heavy atom. The van der Waals surface area contributed by atoms with E-state index in [4.69, 9.17) is 5.73 Å². The summed E-state index contributed by atoms with van der Waals surface area (Å²) in [6.45, 7) is 2.22. The fourth-order valence-corrected chi connectivity index (χ4v) is 13.1. The van der Waals surface area contributed by atoms with Crippen molar-refractivity contribution in [3.05, 3.63) is 36.0 Å². The molecule has 15 amide bonds. The van der Waals surface area contributed by atoms with E-state index in [1.54, 1.807) is 44.3 Å². The minimum atomic E-state index is -2.19. The number of hydrogen-bond acceptors (Lipinski definition) is 19. The van der Waals surface area contributed by atoms with E-state index in [1.807, 2.05) is 10.6 Å². The molecule has 3 fully saturated rings. The number of nitrogens with two attached hydrogens (primary N) is 1. The van der Waals surface area contributed by atoms with Gasteiger partial charge in [0.25, 0.3) is 0 Å². The van der Waals surface area contributed by atoms with Crippen LogP contribution >= 0.6 is 0 Å². The van der Waals surface area contributed by atoms with Gasteiger partial charge in [-0.1, -0.05) is 116 Å². The van der Waals surface area contributed by atoms with E-state index >= 15 is 4.79 Å². The fraction of sp³-hybridized carbons (Fsp3) is 0.639. The van der Waals surface area contributed by atoms with Crippen LogP contribution in [-0.4, -0.2) is 248 Å². The number of carboxylic acids is 3. The number of carbonyl (C=O) groups excluding carboxylic acids is 15. The maximum absolute atomic E-state index is 15.2. The Hall–Kier alpha value is -10.8. The zero-order valence-electron chi connectivity index (χ0n) is 62.6. The number of carboxylic acid groups (broad SMARTS) is 3. The monoisotopic (exact) mass is 1550 g/mol. The molecule has 1 aromatic heterocycles. The van der Waals surface area contributed by atoms with Gasteiger partial charge in [-0.25, -0.2) is 0 Å². The molecular formula is C72H108N16O22. The molecule has 3 aliphatic rings. The summed E-state index contributed by atoms with van der Waals surface area (Å²) in [6.07, 6.45) is 8.70. The second-order valence-corrected chi connectivity index (χ2v) is 28.0. The summed E-state index contributed by atoms with van der Waals surface area (Å²) in [5.41, 5.74) is 6.90. The third-order valence-electron chi connectivity index (χ3n) is 19.3. The zero-order chi connectivity index (χ0) is 81.1. The van der Waals surface area contributed by atoms with Crippen molar-refractivity contribution in [3.63, 3.8) is 0 Å². The highest BCUT2D eigenvalue weighted by molar-refractivity contribution is 6.02. The Balaban J connectivity index is 1.46. The van der Waals surface area contributed by atoms with Crippen molar-refractivity contribution < 1.29 is 107 Å². The Labute approximate surface area is 635 Å². The largest absolute Gasteiger partial charge is 0.481 e. The number of piperidine rings is 1. The number of amides is 15. The van der Waals surface area contributed by atoms with E-state index < -0.39 is 231 Å². The number of hydrogen-bond donors (Lipinski definition) is 18. The number of rotatable bonds is 33. The molecule has 5 rings (SSSR count). The van der Waals surface area contributed by atoms with Crippen molar-refractivity contribution >= 4 is 117 Å². The fourth-order valence-electron chi connectivity index (χ4n) is 13.1. The van der Waals surface area contributed by atoms with Gasteiger partial charge in [0.05, 0.1) is 51.4 Å². The third-order valence-corrected chi connectivity index (χ3v) is 19.3. The number of primary amides is 1. The first-order valence-corrected chi connectivity index (χ1v) is 37.6. The number of fused-ring (bicyclic) bond motifs is 3. The van der Waals surface area contributed by atoms with Gasteiger partial charge >= 0.3 is 17.9 Å². The van der Waals surface area contributed by atoms with Crippen LogP contribution in [0.3, 0.4) is 0 Å². The van der Waals surface area contributed by atoms with Crippen LogP contribution in [0.5, 0.6) is 0 Å². The number of benzene rings is 1. The van der Waals surface area contributed by atoms with E-state index in [0.29, 0.717) is 22.9 Å². The van der Waals surface area contributed by atoms with Crippen molar-refractivity contribution in [2.24, 2.45) is 11.7 Å². The molecule has 38 nitrogen and oxygen atoms in total. The molecule has 0 spiro atoms. The first-order valence-electron chi connectivity index (χ1n) is 37.6. The number of para-hydroxylation sites is 1. The molecule has 0 aliphatic carbocycles. The lowest BCUT2D eigenvalue weighted by molar-refractivity contribution is -0.146. The molecule has 0 bridgehead atoms. The number of aromatic nitrogens is 1. The van der Waals surface area contributed by atoms with Crippen LogP contribution in [0.1, 0.15) is 181 Å². The average molecular weight is 1550 g/mol. The summed E-state index contributed by atoms with van der Waals surface area (Å²) in [4.78, 5) is 251. The Morgan fingerprint density at radius 2 is 1.04 bits per heavy atom. The van der Waals surface area contributed by atoms with Gasteiger partial charge < -0.3 is 105 Å². The number of unbranched alkanes of at least 4 members (excludes halogenated alkanes) is 11. The predicted molar refractivity (Wildman–Crippen MR) is 391 cm³/mol. The standard InChI is InChI=1S/C72H108N16O22/c1-5-7-8-9-10-11-12-13-14-15-16-17-27-54(91)79-45(30-42-35-74-44-24-19-18-23-43(42)44)65(103)82-46(31-53(73)90)66(104)83-49(34-60(99)100)67(105)84-50-36-75-68(106)52-26-22-29-88(52)72(110)61(40(3)6-2)86-70(108)62(41(4)89)85-57(94)39-77-64(102)48(33-59(97)98)80-55(92)37-76-63(101)47(32-58(95)96)81-56(93)38-78-69(107)51-25-20-21-28-87(51)71(50)109/h18-19,23-24,35,40-41,45-52,61-62,74,89H,5-17,20-22,25-34,36-39H2,1-4H3,(H2,73,90)(H,75,106)(H,76,101)(H,77,102)(H,78,107)(H,79,91)(H,80,92)(H,81,93)(H,82,103)(H,83,104)(H,84,105)(H,85,94)(H,86,108)(H,95,96)(H,97,98)(H,99,100)/t40-,41+,45-,46-,47-,48-,49-,50-,51-,52-,61-,62-/m0/s1. The minimum Gasteiger partial charge on any atom is -0.481 e. The van der Waals surface area contributed by atoms with Crippen LogP contribution in [0.2, 0.25) is 0 Å². The number of aliphatic hydroxyl groups excluding tert-OH is 1. The summed E-state index contributed by atoms with van der Waals surface area (Å²) < 4.78 is 0. The number of H-pyrrole nitrogens is 1. The summed E-state index contributed by atoms with van der Waals surface area (Å²) in [5, 5.41) is 68.6. The van der Waals surface area contributed by atoms with Crippen molar-refractivity contribution in [1.82, 2.24) is 78.6 Å². The highest BCUT2D eigenvalue weighted by atomic mass is 16.4. The number of nitrogens with zero attached hydrogens (tertiary/aromatic N) is 2. The van der Waals surface area contributed by atoms with E-state index in [2.05, 4.69) is 65.1 Å². The molecule has 19 N–H and O–H groups in total. The van der Waals surface area contributed by atoms with Gasteiger partial charge in [-0.05, 0) is 63.0 Å². The number of aromatic amines is 1. The summed E-state index contributed by atoms with van der Waals surface area (Å²) >= 11 is 0. The van der Waals surface area contributed by atoms with E-state index in [0.717, 1.165) is 55.2 Å². The van der Waals surface area contributed by atoms with Gasteiger partial charge in [0.15, 0.2) is 0 Å². The maximum atomic E-state index is 15.2. The van der Waals surface area contributed by atoms with E-state index in [9.17, 15) is 102 Å². The molecule has 38 heteroatoms. The molecule has 1 aromatic carbocycles. The average Bonchev–Trinajstić information content (AvgIpc) is 1.45. The molecule has 4 heterocycles. The highest BCUT2D eigenvalue weighted by Crippen LogP contribution is 2.25. The van der Waals surface area contributed by atoms with E-state index in [1.165, 1.54) is 32.1 Å². The lowest BCUT2D eigenvalue weighted by Crippen LogP contribution is -2.63. The van der Waals surface area contributed by atoms with Gasteiger partial charge in [0.2, 0.25) is 88.6 Å². The molecule has 608 valence electrons. The minimum absolute atomic E-state index is 0.0339. The zero-order valence-corrected chi connectivity index (χ0v) is 62.6. The van der Waals surface area contributed by atoms with Crippen LogP contribution < -0.4 is 69.5 Å². The van der Waals surface area contributed by atoms with Crippen LogP contribution in [0.25, 0.3) is 10.9 Å². The molecule has 12 atom stereocenters. The number of aliphatic hydroxyl groups is 1. The summed E-state index contributed by atoms with van der Waals surface area (Å²) in [5.74, 6) is -22.3. The Kier molecular flexibility index (Phi) is 37.4. The van der Waals surface area contributed by atoms with Gasteiger partial charge in [0.1, 0.15) is 60.4 Å². The molecule has 110 heavy (non-hydrogen) atoms. The third kappa shape index (κ3) is 29.6. The van der Waals surface area contributed by atoms with Crippen molar-refractivity contribution in [1.29, 1.82) is 0 Å².